The fraction of sp³-hybridized carbons (Fsp3) is 0.231. The van der Waals surface area contributed by atoms with E-state index in [2.05, 4.69) is 15.5 Å². The van der Waals surface area contributed by atoms with Crippen LogP contribution in [0, 0.1) is 0 Å². The molecule has 0 saturated carbocycles. The molecule has 0 saturated heterocycles. The lowest BCUT2D eigenvalue weighted by molar-refractivity contribution is -0.137. The van der Waals surface area contributed by atoms with E-state index in [1.807, 2.05) is 0 Å². The van der Waals surface area contributed by atoms with Gasteiger partial charge in [0.15, 0.2) is 5.65 Å². The number of tetrazole rings is 1. The largest absolute Gasteiger partial charge is 0.460 e. The Bertz CT molecular complexity index is 891. The number of pyridine rings is 1. The zero-order valence-electron chi connectivity index (χ0n) is 11.4. The summed E-state index contributed by atoms with van der Waals surface area (Å²) in [7, 11) is 0. The van der Waals surface area contributed by atoms with E-state index in [9.17, 15) is 18.0 Å². The number of ether oxygens (including phenoxy) is 1. The van der Waals surface area contributed by atoms with Gasteiger partial charge in [0.2, 0.25) is 0 Å². The third-order valence-electron chi connectivity index (χ3n) is 3.14. The maximum Gasteiger partial charge on any atom is 0.416 e. The molecule has 7 nitrogen and oxygen atoms in total. The van der Waals surface area contributed by atoms with Gasteiger partial charge in [-0.2, -0.15) is 17.7 Å². The van der Waals surface area contributed by atoms with Crippen LogP contribution < -0.4 is 0 Å². The van der Waals surface area contributed by atoms with Gasteiger partial charge in [-0.25, -0.2) is 4.79 Å². The van der Waals surface area contributed by atoms with Crippen LogP contribution in [0.1, 0.15) is 15.9 Å². The number of hydrogen-bond acceptors (Lipinski definition) is 6. The number of carbonyl (C=O) groups is 1. The Kier molecular flexibility index (Phi) is 3.60. The predicted molar refractivity (Wildman–Crippen MR) is 70.7 cm³/mol. The summed E-state index contributed by atoms with van der Waals surface area (Å²) in [4.78, 5) is 12.0. The lowest BCUT2D eigenvalue weighted by Gasteiger charge is -2.10. The van der Waals surface area contributed by atoms with E-state index >= 15 is 0 Å². The van der Waals surface area contributed by atoms with Gasteiger partial charge in [-0.05, 0) is 28.6 Å². The van der Waals surface area contributed by atoms with Crippen molar-refractivity contribution in [2.24, 2.45) is 0 Å². The van der Waals surface area contributed by atoms with Crippen molar-refractivity contribution >= 4 is 22.5 Å². The Hall–Kier alpha value is -2.75. The number of aromatic nitrogens is 4. The first kappa shape index (κ1) is 15.2. The lowest BCUT2D eigenvalue weighted by atomic mass is 10.1. The number of halogens is 3. The summed E-state index contributed by atoms with van der Waals surface area (Å²) in [5.41, 5.74) is -0.772. The summed E-state index contributed by atoms with van der Waals surface area (Å²) >= 11 is 0. The van der Waals surface area contributed by atoms with Crippen molar-refractivity contribution in [1.82, 2.24) is 20.0 Å². The molecule has 0 spiro atoms. The fourth-order valence-electron chi connectivity index (χ4n) is 2.13. The summed E-state index contributed by atoms with van der Waals surface area (Å²) in [6.07, 6.45) is -4.51. The second-order valence-corrected chi connectivity index (χ2v) is 4.60. The van der Waals surface area contributed by atoms with Gasteiger partial charge < -0.3 is 9.84 Å². The number of aliphatic hydroxyl groups excluding tert-OH is 1. The molecule has 2 aromatic heterocycles. The van der Waals surface area contributed by atoms with Crippen LogP contribution in [-0.2, 0) is 10.9 Å². The number of rotatable bonds is 3. The van der Waals surface area contributed by atoms with Crippen LogP contribution in [0.5, 0.6) is 0 Å². The third-order valence-corrected chi connectivity index (χ3v) is 3.14. The number of aliphatic hydroxyl groups is 1. The summed E-state index contributed by atoms with van der Waals surface area (Å²) in [5, 5.41) is 19.7. The molecule has 10 heteroatoms. The summed E-state index contributed by atoms with van der Waals surface area (Å²) in [6.45, 7) is -0.562. The van der Waals surface area contributed by atoms with E-state index in [0.717, 1.165) is 16.6 Å². The minimum absolute atomic E-state index is 0.00397. The predicted octanol–water partition coefficient (Wildman–Crippen LogP) is 1.45. The third kappa shape index (κ3) is 2.68. The fourth-order valence-corrected chi connectivity index (χ4v) is 2.13. The van der Waals surface area contributed by atoms with Crippen molar-refractivity contribution in [2.75, 3.05) is 13.2 Å². The van der Waals surface area contributed by atoms with Gasteiger partial charge in [0, 0.05) is 5.39 Å². The average molecular weight is 326 g/mol. The lowest BCUT2D eigenvalue weighted by Crippen LogP contribution is -2.11. The highest BCUT2D eigenvalue weighted by Gasteiger charge is 2.31. The highest BCUT2D eigenvalue weighted by atomic mass is 19.4. The van der Waals surface area contributed by atoms with Gasteiger partial charge in [0.05, 0.1) is 17.7 Å². The standard InChI is InChI=1S/C13H9F3N4O3/c14-13(15,16)8-2-1-7-5-9(12(22)23-4-3-21)11-17-18-19-20(11)10(7)6-8/h1-2,5-6,21H,3-4H2. The summed E-state index contributed by atoms with van der Waals surface area (Å²) < 4.78 is 44.3. The molecular formula is C13H9F3N4O3. The molecule has 0 amide bonds. The van der Waals surface area contributed by atoms with Gasteiger partial charge in [-0.3, -0.25) is 0 Å². The monoisotopic (exact) mass is 326 g/mol. The number of benzene rings is 1. The topological polar surface area (TPSA) is 89.6 Å². The van der Waals surface area contributed by atoms with Crippen molar-refractivity contribution < 1.29 is 27.8 Å². The van der Waals surface area contributed by atoms with Crippen LogP contribution in [0.25, 0.3) is 16.6 Å². The van der Waals surface area contributed by atoms with Crippen molar-refractivity contribution in [3.8, 4) is 0 Å². The molecule has 0 radical (unpaired) electrons. The number of fused-ring (bicyclic) bond motifs is 3. The Balaban J connectivity index is 2.21. The first-order valence-corrected chi connectivity index (χ1v) is 6.42. The molecule has 3 rings (SSSR count). The van der Waals surface area contributed by atoms with Gasteiger partial charge in [-0.1, -0.05) is 6.07 Å². The van der Waals surface area contributed by atoms with E-state index in [1.54, 1.807) is 0 Å². The molecule has 23 heavy (non-hydrogen) atoms. The number of hydrogen-bond donors (Lipinski definition) is 1. The van der Waals surface area contributed by atoms with Crippen LogP contribution >= 0.6 is 0 Å². The summed E-state index contributed by atoms with van der Waals surface area (Å²) in [6, 6.07) is 4.38. The van der Waals surface area contributed by atoms with E-state index < -0.39 is 17.7 Å². The number of alkyl halides is 3. The molecular weight excluding hydrogens is 317 g/mol. The molecule has 0 aliphatic carbocycles. The molecule has 1 N–H and O–H groups in total. The molecule has 1 aromatic carbocycles. The Morgan fingerprint density at radius 1 is 1.30 bits per heavy atom. The minimum atomic E-state index is -4.51. The number of carbonyl (C=O) groups excluding carboxylic acids is 1. The normalized spacial score (nSPS) is 12.0. The van der Waals surface area contributed by atoms with Crippen molar-refractivity contribution in [3.63, 3.8) is 0 Å². The molecule has 0 aliphatic heterocycles. The molecule has 0 unspecified atom stereocenters. The molecule has 0 atom stereocenters. The van der Waals surface area contributed by atoms with Gasteiger partial charge in [0.1, 0.15) is 12.2 Å². The van der Waals surface area contributed by atoms with Gasteiger partial charge in [-0.15, -0.1) is 5.10 Å². The molecule has 0 bridgehead atoms. The maximum absolute atomic E-state index is 12.8. The van der Waals surface area contributed by atoms with Crippen LogP contribution in [0.2, 0.25) is 0 Å². The second kappa shape index (κ2) is 5.47. The number of esters is 1. The van der Waals surface area contributed by atoms with Crippen LogP contribution in [-0.4, -0.2) is 44.3 Å². The van der Waals surface area contributed by atoms with E-state index in [1.165, 1.54) is 12.1 Å². The highest BCUT2D eigenvalue weighted by Crippen LogP contribution is 2.32. The maximum atomic E-state index is 12.8. The highest BCUT2D eigenvalue weighted by molar-refractivity contribution is 6.00. The first-order valence-electron chi connectivity index (χ1n) is 6.42. The molecule has 120 valence electrons. The zero-order valence-corrected chi connectivity index (χ0v) is 11.4. The van der Waals surface area contributed by atoms with Crippen LogP contribution in [0.15, 0.2) is 24.3 Å². The van der Waals surface area contributed by atoms with Crippen LogP contribution in [0.4, 0.5) is 13.2 Å². The Labute approximate surface area is 126 Å². The second-order valence-electron chi connectivity index (χ2n) is 4.60. The minimum Gasteiger partial charge on any atom is -0.460 e. The SMILES string of the molecule is O=C(OCCO)c1cc2ccc(C(F)(F)F)cc2n2nnnc12. The van der Waals surface area contributed by atoms with E-state index in [4.69, 9.17) is 9.84 Å². The van der Waals surface area contributed by atoms with E-state index in [0.29, 0.717) is 5.39 Å². The van der Waals surface area contributed by atoms with Crippen molar-refractivity contribution in [3.05, 3.63) is 35.4 Å². The first-order chi connectivity index (χ1) is 10.9. The Morgan fingerprint density at radius 2 is 2.09 bits per heavy atom. The van der Waals surface area contributed by atoms with Gasteiger partial charge in [0.25, 0.3) is 0 Å². The van der Waals surface area contributed by atoms with E-state index in [-0.39, 0.29) is 29.9 Å². The molecule has 3 aromatic rings. The Morgan fingerprint density at radius 3 is 2.78 bits per heavy atom. The molecule has 0 fully saturated rings. The quantitative estimate of drug-likeness (QED) is 0.733. The zero-order chi connectivity index (χ0) is 16.6. The smallest absolute Gasteiger partial charge is 0.416 e. The number of nitrogens with zero attached hydrogens (tertiary/aromatic N) is 4. The van der Waals surface area contributed by atoms with Crippen molar-refractivity contribution in [1.29, 1.82) is 0 Å². The van der Waals surface area contributed by atoms with Gasteiger partial charge >= 0.3 is 12.1 Å². The summed E-state index contributed by atoms with van der Waals surface area (Å²) in [5.74, 6) is -0.777. The average Bonchev–Trinajstić information content (AvgIpc) is 3.00. The van der Waals surface area contributed by atoms with Crippen molar-refractivity contribution in [2.45, 2.75) is 6.18 Å². The molecule has 0 aliphatic rings. The molecule has 2 heterocycles. The van der Waals surface area contributed by atoms with Crippen LogP contribution in [0.3, 0.4) is 0 Å².